The molecule has 1 aromatic carbocycles. The number of likely N-dealkylation sites (tertiary alicyclic amines) is 1. The lowest BCUT2D eigenvalue weighted by molar-refractivity contribution is -0.149. The molecule has 0 bridgehead atoms. The maximum Gasteiger partial charge on any atom is 0.306 e. The molecule has 0 radical (unpaired) electrons. The number of carboxylic acids is 1. The van der Waals surface area contributed by atoms with E-state index in [-0.39, 0.29) is 105 Å². The van der Waals surface area contributed by atoms with Crippen LogP contribution in [-0.2, 0) is 44.6 Å². The second-order valence-electron chi connectivity index (χ2n) is 17.2. The van der Waals surface area contributed by atoms with Gasteiger partial charge in [-0.05, 0) is 74.3 Å². The molecule has 366 valence electrons. The summed E-state index contributed by atoms with van der Waals surface area (Å²) in [6.45, 7) is 12.4. The summed E-state index contributed by atoms with van der Waals surface area (Å²) in [5, 5.41) is 34.1. The molecule has 4 amide bonds. The molecule has 1 aromatic heterocycles. The van der Waals surface area contributed by atoms with Crippen LogP contribution in [0.2, 0.25) is 0 Å². The molecule has 0 spiro atoms. The number of aromatic hydroxyl groups is 1. The van der Waals surface area contributed by atoms with Gasteiger partial charge in [-0.25, -0.2) is 4.98 Å². The minimum atomic E-state index is -1.06. The lowest BCUT2D eigenvalue weighted by Crippen LogP contribution is -2.58. The van der Waals surface area contributed by atoms with Gasteiger partial charge < -0.3 is 45.3 Å². The highest BCUT2D eigenvalue weighted by Gasteiger charge is 2.37. The van der Waals surface area contributed by atoms with Crippen LogP contribution in [-0.4, -0.2) is 138 Å². The maximum atomic E-state index is 14.3. The van der Waals surface area contributed by atoms with Gasteiger partial charge in [0, 0.05) is 49.3 Å². The number of ether oxygens (including phenoxy) is 3. The van der Waals surface area contributed by atoms with Crippen LogP contribution in [0.15, 0.2) is 28.7 Å². The number of piperidine rings is 1. The Kier molecular flexibility index (Phi) is 23.3. The molecular formula is C45H69N9O11S. The Bertz CT molecular complexity index is 1980. The van der Waals surface area contributed by atoms with Gasteiger partial charge in [-0.15, -0.1) is 11.3 Å². The Morgan fingerprint density at radius 2 is 1.76 bits per heavy atom. The molecule has 1 aliphatic rings. The summed E-state index contributed by atoms with van der Waals surface area (Å²) >= 11 is 1.11. The first-order chi connectivity index (χ1) is 31.4. The van der Waals surface area contributed by atoms with Crippen molar-refractivity contribution in [3.8, 4) is 5.75 Å². The van der Waals surface area contributed by atoms with Crippen molar-refractivity contribution >= 4 is 52.6 Å². The van der Waals surface area contributed by atoms with E-state index < -0.39 is 53.9 Å². The highest BCUT2D eigenvalue weighted by Crippen LogP contribution is 2.32. The Labute approximate surface area is 391 Å². The standard InChI is InChI=1S/C45H69N9O11S/c1-9-28(4)40(51-42(59)35-12-10-11-17-53(35)7)44(60)54(8)36(27(2)3)25-38(65-30(6)55)43-50-34(26-66-43)41(58)48-32(22-29(5)45(61)62)23-31-13-14-37(56)33(24-31)49-39(57)15-18-63-20-21-64-19-16-47-52-46/h13-14,24,26-29,32,35-36,38,40,56H,9-12,15-23,25H2,1-8H3,(H,48,58)(H,49,57)(H,51,59)(H,61,62)/t28-,29?,32+,35+,36+,38+,40-/m0/s1. The first-order valence-corrected chi connectivity index (χ1v) is 23.5. The highest BCUT2D eigenvalue weighted by atomic mass is 32.1. The minimum Gasteiger partial charge on any atom is -0.506 e. The molecule has 66 heavy (non-hydrogen) atoms. The van der Waals surface area contributed by atoms with Crippen molar-refractivity contribution in [1.82, 2.24) is 25.4 Å². The zero-order chi connectivity index (χ0) is 48.9. The van der Waals surface area contributed by atoms with E-state index in [2.05, 4.69) is 31.0 Å². The molecule has 3 rings (SSSR count). The Morgan fingerprint density at radius 1 is 1.05 bits per heavy atom. The summed E-state index contributed by atoms with van der Waals surface area (Å²) in [5.41, 5.74) is 9.02. The van der Waals surface area contributed by atoms with Crippen molar-refractivity contribution in [2.24, 2.45) is 22.9 Å². The van der Waals surface area contributed by atoms with Crippen LogP contribution in [0.1, 0.15) is 114 Å². The molecule has 1 fully saturated rings. The molecule has 1 aliphatic heterocycles. The summed E-state index contributed by atoms with van der Waals surface area (Å²) in [7, 11) is 3.61. The number of phenolic OH excluding ortho intramolecular Hbond substituents is 1. The van der Waals surface area contributed by atoms with E-state index >= 15 is 0 Å². The normalized spacial score (nSPS) is 16.7. The number of carboxylic acid groups (broad SMARTS) is 1. The second-order valence-corrected chi connectivity index (χ2v) is 18.1. The third-order valence-electron chi connectivity index (χ3n) is 11.7. The fourth-order valence-corrected chi connectivity index (χ4v) is 8.52. The van der Waals surface area contributed by atoms with E-state index in [0.717, 1.165) is 37.1 Å². The number of aliphatic carboxylic acids is 1. The Morgan fingerprint density at radius 3 is 2.39 bits per heavy atom. The smallest absolute Gasteiger partial charge is 0.306 e. The quantitative estimate of drug-likeness (QED) is 0.0177. The van der Waals surface area contributed by atoms with Crippen molar-refractivity contribution in [3.63, 3.8) is 0 Å². The van der Waals surface area contributed by atoms with Gasteiger partial charge in [0.1, 0.15) is 22.5 Å². The molecular weight excluding hydrogens is 875 g/mol. The van der Waals surface area contributed by atoms with E-state index in [1.807, 2.05) is 39.6 Å². The molecule has 2 aromatic rings. The zero-order valence-electron chi connectivity index (χ0n) is 39.5. The van der Waals surface area contributed by atoms with Crippen LogP contribution in [0, 0.1) is 17.8 Å². The van der Waals surface area contributed by atoms with Gasteiger partial charge in [-0.1, -0.05) is 58.6 Å². The third-order valence-corrected chi connectivity index (χ3v) is 12.7. The van der Waals surface area contributed by atoms with Crippen LogP contribution in [0.5, 0.6) is 5.75 Å². The first-order valence-electron chi connectivity index (χ1n) is 22.6. The molecule has 1 unspecified atom stereocenters. The predicted octanol–water partition coefficient (Wildman–Crippen LogP) is 5.47. The van der Waals surface area contributed by atoms with Crippen LogP contribution >= 0.6 is 11.3 Å². The minimum absolute atomic E-state index is 0.0125. The maximum absolute atomic E-state index is 14.3. The number of aromatic nitrogens is 1. The summed E-state index contributed by atoms with van der Waals surface area (Å²) < 4.78 is 16.5. The number of likely N-dealkylation sites (N-methyl/N-ethyl adjacent to an activating group) is 2. The molecule has 0 aliphatic carbocycles. The molecule has 21 heteroatoms. The van der Waals surface area contributed by atoms with Crippen LogP contribution in [0.4, 0.5) is 5.69 Å². The van der Waals surface area contributed by atoms with E-state index in [0.29, 0.717) is 17.0 Å². The topological polar surface area (TPSA) is 275 Å². The summed E-state index contributed by atoms with van der Waals surface area (Å²) in [5.74, 6) is -4.43. The number of esters is 1. The van der Waals surface area contributed by atoms with Gasteiger partial charge in [-0.3, -0.25) is 33.7 Å². The largest absolute Gasteiger partial charge is 0.506 e. The lowest BCUT2D eigenvalue weighted by atomic mass is 9.92. The lowest BCUT2D eigenvalue weighted by Gasteiger charge is -2.38. The van der Waals surface area contributed by atoms with Gasteiger partial charge in [0.05, 0.1) is 50.5 Å². The van der Waals surface area contributed by atoms with Gasteiger partial charge >= 0.3 is 11.9 Å². The molecule has 7 atom stereocenters. The number of benzene rings is 1. The molecule has 2 heterocycles. The number of phenols is 1. The molecule has 0 saturated carbocycles. The number of amides is 4. The number of thiazole rings is 1. The Hall–Kier alpha value is -5.34. The van der Waals surface area contributed by atoms with Gasteiger partial charge in [-0.2, -0.15) is 0 Å². The van der Waals surface area contributed by atoms with E-state index in [1.165, 1.54) is 25.3 Å². The summed E-state index contributed by atoms with van der Waals surface area (Å²) in [6.07, 6.45) is 2.70. The predicted molar refractivity (Wildman–Crippen MR) is 248 cm³/mol. The van der Waals surface area contributed by atoms with Crippen molar-refractivity contribution in [3.05, 3.63) is 50.3 Å². The number of hydrogen-bond donors (Lipinski definition) is 5. The molecule has 1 saturated heterocycles. The fraction of sp³-hybridized carbons (Fsp3) is 0.667. The van der Waals surface area contributed by atoms with Crippen molar-refractivity contribution < 1.29 is 53.2 Å². The summed E-state index contributed by atoms with van der Waals surface area (Å²) in [4.78, 5) is 89.6. The van der Waals surface area contributed by atoms with E-state index in [4.69, 9.17) is 19.7 Å². The van der Waals surface area contributed by atoms with Crippen LogP contribution in [0.25, 0.3) is 10.4 Å². The van der Waals surface area contributed by atoms with Gasteiger partial charge in [0.15, 0.2) is 6.10 Å². The Balaban J connectivity index is 1.75. The van der Waals surface area contributed by atoms with Crippen LogP contribution in [0.3, 0.4) is 0 Å². The second kappa shape index (κ2) is 28.0. The van der Waals surface area contributed by atoms with Gasteiger partial charge in [0.2, 0.25) is 17.7 Å². The molecule has 20 nitrogen and oxygen atoms in total. The first kappa shape index (κ1) is 55.0. The third kappa shape index (κ3) is 17.8. The number of carbonyl (C=O) groups excluding carboxylic acids is 5. The molecule has 5 N–H and O–H groups in total. The van der Waals surface area contributed by atoms with E-state index in [9.17, 15) is 39.0 Å². The highest BCUT2D eigenvalue weighted by molar-refractivity contribution is 7.09. The zero-order valence-corrected chi connectivity index (χ0v) is 40.3. The van der Waals surface area contributed by atoms with Crippen molar-refractivity contribution in [2.45, 2.75) is 123 Å². The van der Waals surface area contributed by atoms with Gasteiger partial charge in [0.25, 0.3) is 5.91 Å². The van der Waals surface area contributed by atoms with Crippen molar-refractivity contribution in [1.29, 1.82) is 0 Å². The number of carbonyl (C=O) groups is 6. The number of rotatable bonds is 28. The van der Waals surface area contributed by atoms with E-state index in [1.54, 1.807) is 24.1 Å². The average molecular weight is 944 g/mol. The summed E-state index contributed by atoms with van der Waals surface area (Å²) in [6, 6.07) is 2.26. The SMILES string of the molecule is CC[C@H](C)[C@H](NC(=O)[C@H]1CCCCN1C)C(=O)N(C)[C@H](C[C@@H](OC(C)=O)c1nc(C(=O)N[C@@H](Cc2ccc(O)c(NC(=O)CCOCCOCCN=[N+]=[N-])c2)CC(C)C(=O)O)cs1)C(C)C. The monoisotopic (exact) mass is 943 g/mol. The van der Waals surface area contributed by atoms with Crippen molar-refractivity contribution in [2.75, 3.05) is 58.9 Å². The number of anilines is 1. The number of nitrogens with zero attached hydrogens (tertiary/aromatic N) is 6. The number of nitrogens with one attached hydrogen (secondary N) is 3. The number of azide groups is 1. The number of hydrogen-bond acceptors (Lipinski definition) is 14. The average Bonchev–Trinajstić information content (AvgIpc) is 3.77. The van der Waals surface area contributed by atoms with Crippen LogP contribution < -0.4 is 16.0 Å². The fourth-order valence-electron chi connectivity index (χ4n) is 7.68.